The third kappa shape index (κ3) is 6.78. The summed E-state index contributed by atoms with van der Waals surface area (Å²) in [5.41, 5.74) is 7.24. The Morgan fingerprint density at radius 3 is 2.35 bits per heavy atom. The molecule has 0 aliphatic rings. The number of aromatic nitrogens is 1. The fourth-order valence-electron chi connectivity index (χ4n) is 2.06. The number of amidine groups is 1. The number of benzene rings is 1. The van der Waals surface area contributed by atoms with Gasteiger partial charge in [-0.25, -0.2) is 8.78 Å². The van der Waals surface area contributed by atoms with Crippen LogP contribution in [-0.4, -0.2) is 16.9 Å². The third-order valence-corrected chi connectivity index (χ3v) is 3.26. The molecule has 0 atom stereocenters. The maximum atomic E-state index is 13.2. The number of hydrogen-bond donors (Lipinski definition) is 1. The molecule has 0 radical (unpaired) electrons. The number of nitrogens with two attached hydrogens (primary N) is 1. The number of pyridine rings is 1. The summed E-state index contributed by atoms with van der Waals surface area (Å²) in [5.74, 6) is -1.90. The van der Waals surface area contributed by atoms with Gasteiger partial charge in [-0.3, -0.25) is 9.98 Å². The zero-order valence-corrected chi connectivity index (χ0v) is 16.0. The van der Waals surface area contributed by atoms with Crippen molar-refractivity contribution in [2.24, 2.45) is 10.7 Å². The van der Waals surface area contributed by atoms with Crippen LogP contribution < -0.4 is 10.5 Å². The smallest absolute Gasteiger partial charge is 0.270 e. The average Bonchev–Trinajstić information content (AvgIpc) is 2.60. The second kappa shape index (κ2) is 9.85. The predicted molar refractivity (Wildman–Crippen MR) is 102 cm³/mol. The molecular weight excluding hydrogens is 336 g/mol. The number of ether oxygens (including phenoxy) is 1. The number of alkyl halides is 2. The Bertz CT molecular complexity index is 708. The average molecular weight is 363 g/mol. The van der Waals surface area contributed by atoms with Crippen LogP contribution in [0.3, 0.4) is 0 Å². The predicted octanol–water partition coefficient (Wildman–Crippen LogP) is 4.91. The van der Waals surface area contributed by atoms with Crippen molar-refractivity contribution in [2.75, 3.05) is 0 Å². The summed E-state index contributed by atoms with van der Waals surface area (Å²) in [7, 11) is 0. The van der Waals surface area contributed by atoms with Gasteiger partial charge in [0.25, 0.3) is 5.92 Å². The van der Waals surface area contributed by atoms with E-state index in [0.29, 0.717) is 18.0 Å². The van der Waals surface area contributed by atoms with Crippen LogP contribution in [0.1, 0.15) is 51.4 Å². The van der Waals surface area contributed by atoms with E-state index in [1.807, 2.05) is 27.7 Å². The third-order valence-electron chi connectivity index (χ3n) is 3.26. The minimum atomic E-state index is -2.85. The maximum absolute atomic E-state index is 13.2. The van der Waals surface area contributed by atoms with Crippen LogP contribution in [0.2, 0.25) is 0 Å². The monoisotopic (exact) mass is 363 g/mol. The van der Waals surface area contributed by atoms with Crippen molar-refractivity contribution in [2.45, 2.75) is 53.2 Å². The molecule has 2 aromatic rings. The molecule has 1 heterocycles. The second-order valence-electron chi connectivity index (χ2n) is 5.83. The summed E-state index contributed by atoms with van der Waals surface area (Å²) < 4.78 is 32.0. The molecule has 26 heavy (non-hydrogen) atoms. The first-order valence-corrected chi connectivity index (χ1v) is 8.66. The van der Waals surface area contributed by atoms with Crippen LogP contribution in [0, 0.1) is 0 Å². The Hall–Kier alpha value is -2.50. The fourth-order valence-corrected chi connectivity index (χ4v) is 2.06. The standard InChI is InChI=1S/C18H21F2N3O.C2H6/c1-12(2)24-15-8-9-22-16(10-15)17(21)23-11-13-4-6-14(7-5-13)18(3,19)20;1-2/h4-10,12H,11H2,1-3H3,(H2,21,23);1-2H3. The Morgan fingerprint density at radius 1 is 1.19 bits per heavy atom. The van der Waals surface area contributed by atoms with Gasteiger partial charge in [0.15, 0.2) is 0 Å². The van der Waals surface area contributed by atoms with Crippen LogP contribution in [0.25, 0.3) is 0 Å². The molecule has 2 rings (SSSR count). The van der Waals surface area contributed by atoms with Crippen LogP contribution in [0.4, 0.5) is 8.78 Å². The highest BCUT2D eigenvalue weighted by atomic mass is 19.3. The molecule has 0 spiro atoms. The van der Waals surface area contributed by atoms with Crippen molar-refractivity contribution in [1.29, 1.82) is 0 Å². The first kappa shape index (κ1) is 21.5. The minimum Gasteiger partial charge on any atom is -0.491 e. The van der Waals surface area contributed by atoms with E-state index in [2.05, 4.69) is 9.98 Å². The van der Waals surface area contributed by atoms with Gasteiger partial charge >= 0.3 is 0 Å². The van der Waals surface area contributed by atoms with Crippen molar-refractivity contribution in [3.05, 3.63) is 59.4 Å². The van der Waals surface area contributed by atoms with Gasteiger partial charge in [-0.15, -0.1) is 0 Å². The molecule has 0 amide bonds. The Labute approximate surface area is 154 Å². The molecule has 0 aliphatic carbocycles. The normalized spacial score (nSPS) is 11.8. The topological polar surface area (TPSA) is 60.5 Å². The van der Waals surface area contributed by atoms with Gasteiger partial charge in [0.2, 0.25) is 0 Å². The molecule has 0 aliphatic heterocycles. The van der Waals surface area contributed by atoms with Crippen LogP contribution in [-0.2, 0) is 12.5 Å². The lowest BCUT2D eigenvalue weighted by Crippen LogP contribution is -2.16. The summed E-state index contributed by atoms with van der Waals surface area (Å²) >= 11 is 0. The van der Waals surface area contributed by atoms with Gasteiger partial charge < -0.3 is 10.5 Å². The van der Waals surface area contributed by atoms with Crippen molar-refractivity contribution >= 4 is 5.84 Å². The zero-order chi connectivity index (χ0) is 19.7. The Balaban J connectivity index is 0.00000163. The van der Waals surface area contributed by atoms with Crippen molar-refractivity contribution in [3.8, 4) is 5.75 Å². The molecule has 0 unspecified atom stereocenters. The van der Waals surface area contributed by atoms with Gasteiger partial charge in [-0.05, 0) is 25.5 Å². The van der Waals surface area contributed by atoms with Gasteiger partial charge in [0.05, 0.1) is 12.6 Å². The fraction of sp³-hybridized carbons (Fsp3) is 0.400. The lowest BCUT2D eigenvalue weighted by atomic mass is 10.1. The first-order chi connectivity index (χ1) is 12.3. The highest BCUT2D eigenvalue weighted by Gasteiger charge is 2.23. The molecule has 4 nitrogen and oxygen atoms in total. The van der Waals surface area contributed by atoms with Crippen LogP contribution in [0.5, 0.6) is 5.75 Å². The summed E-state index contributed by atoms with van der Waals surface area (Å²) in [5, 5.41) is 0. The maximum Gasteiger partial charge on any atom is 0.270 e. The van der Waals surface area contributed by atoms with Crippen molar-refractivity contribution < 1.29 is 13.5 Å². The van der Waals surface area contributed by atoms with E-state index in [9.17, 15) is 8.78 Å². The number of aliphatic imine (C=N–C) groups is 1. The van der Waals surface area contributed by atoms with Gasteiger partial charge in [-0.2, -0.15) is 0 Å². The van der Waals surface area contributed by atoms with Gasteiger partial charge in [0, 0.05) is 24.8 Å². The molecule has 0 bridgehead atoms. The van der Waals surface area contributed by atoms with E-state index in [-0.39, 0.29) is 17.5 Å². The molecule has 6 heteroatoms. The lowest BCUT2D eigenvalue weighted by molar-refractivity contribution is 0.0174. The quantitative estimate of drug-likeness (QED) is 0.586. The number of rotatable bonds is 6. The van der Waals surface area contributed by atoms with Crippen molar-refractivity contribution in [3.63, 3.8) is 0 Å². The van der Waals surface area contributed by atoms with E-state index in [1.165, 1.54) is 12.1 Å². The number of halogens is 2. The Kier molecular flexibility index (Phi) is 8.16. The molecule has 0 saturated heterocycles. The molecule has 2 N–H and O–H groups in total. The van der Waals surface area contributed by atoms with Crippen molar-refractivity contribution in [1.82, 2.24) is 4.98 Å². The van der Waals surface area contributed by atoms with E-state index in [0.717, 1.165) is 12.5 Å². The van der Waals surface area contributed by atoms with E-state index >= 15 is 0 Å². The van der Waals surface area contributed by atoms with Gasteiger partial charge in [-0.1, -0.05) is 38.1 Å². The molecule has 0 saturated carbocycles. The largest absolute Gasteiger partial charge is 0.491 e. The zero-order valence-electron chi connectivity index (χ0n) is 16.0. The van der Waals surface area contributed by atoms with E-state index in [4.69, 9.17) is 10.5 Å². The SMILES string of the molecule is CC.CC(C)Oc1ccnc(C(N)=NCc2ccc(C(C)(F)F)cc2)c1. The second-order valence-corrected chi connectivity index (χ2v) is 5.83. The summed E-state index contributed by atoms with van der Waals surface area (Å²) in [6.07, 6.45) is 1.65. The summed E-state index contributed by atoms with van der Waals surface area (Å²) in [6.45, 7) is 9.02. The highest BCUT2D eigenvalue weighted by molar-refractivity contribution is 5.95. The first-order valence-electron chi connectivity index (χ1n) is 8.66. The Morgan fingerprint density at radius 2 is 1.81 bits per heavy atom. The highest BCUT2D eigenvalue weighted by Crippen LogP contribution is 2.26. The summed E-state index contributed by atoms with van der Waals surface area (Å²) in [6, 6.07) is 9.51. The molecule has 0 fully saturated rings. The molecule has 1 aromatic heterocycles. The van der Waals surface area contributed by atoms with E-state index < -0.39 is 5.92 Å². The minimum absolute atomic E-state index is 0.0246. The lowest BCUT2D eigenvalue weighted by Gasteiger charge is -2.11. The van der Waals surface area contributed by atoms with Crippen LogP contribution >= 0.6 is 0 Å². The molecular formula is C20H27F2N3O. The van der Waals surface area contributed by atoms with Gasteiger partial charge in [0.1, 0.15) is 17.3 Å². The summed E-state index contributed by atoms with van der Waals surface area (Å²) in [4.78, 5) is 8.44. The molecule has 1 aromatic carbocycles. The van der Waals surface area contributed by atoms with E-state index in [1.54, 1.807) is 30.5 Å². The van der Waals surface area contributed by atoms with Crippen LogP contribution in [0.15, 0.2) is 47.6 Å². The number of hydrogen-bond acceptors (Lipinski definition) is 3. The number of nitrogens with zero attached hydrogens (tertiary/aromatic N) is 2. The molecule has 142 valence electrons.